The predicted molar refractivity (Wildman–Crippen MR) is 142 cm³/mol. The van der Waals surface area contributed by atoms with Crippen LogP contribution in [0.5, 0.6) is 0 Å². The number of hydrogen-bond acceptors (Lipinski definition) is 3. The number of piperidine rings is 1. The quantitative estimate of drug-likeness (QED) is 0.408. The average molecular weight is 468 g/mol. The van der Waals surface area contributed by atoms with Gasteiger partial charge < -0.3 is 9.88 Å². The van der Waals surface area contributed by atoms with Crippen molar-refractivity contribution in [3.8, 4) is 0 Å². The highest BCUT2D eigenvalue weighted by molar-refractivity contribution is 5.94. The first-order chi connectivity index (χ1) is 17.0. The fraction of sp³-hybridized carbons (Fsp3) is 0.333. The maximum absolute atomic E-state index is 12.9. The van der Waals surface area contributed by atoms with E-state index in [1.807, 2.05) is 53.1 Å². The summed E-state index contributed by atoms with van der Waals surface area (Å²) < 4.78 is 1.94. The van der Waals surface area contributed by atoms with Crippen molar-refractivity contribution in [3.63, 3.8) is 0 Å². The van der Waals surface area contributed by atoms with Crippen molar-refractivity contribution in [3.05, 3.63) is 94.1 Å². The van der Waals surface area contributed by atoms with Gasteiger partial charge in [-0.05, 0) is 53.6 Å². The van der Waals surface area contributed by atoms with Gasteiger partial charge in [-0.15, -0.1) is 0 Å². The molecule has 1 amide bonds. The first kappa shape index (κ1) is 23.3. The fourth-order valence-electron chi connectivity index (χ4n) is 5.59. The topological polar surface area (TPSA) is 54.3 Å². The summed E-state index contributed by atoms with van der Waals surface area (Å²) in [7, 11) is 0. The van der Waals surface area contributed by atoms with Crippen LogP contribution in [0.1, 0.15) is 31.4 Å². The first-order valence-corrected chi connectivity index (χ1v) is 12.5. The van der Waals surface area contributed by atoms with Crippen LogP contribution in [-0.4, -0.2) is 28.5 Å². The van der Waals surface area contributed by atoms with E-state index in [9.17, 15) is 9.59 Å². The van der Waals surface area contributed by atoms with E-state index in [1.54, 1.807) is 0 Å². The van der Waals surface area contributed by atoms with Gasteiger partial charge in [0.05, 0.1) is 11.0 Å². The maximum Gasteiger partial charge on any atom is 0.240 e. The first-order valence-electron chi connectivity index (χ1n) is 12.5. The summed E-state index contributed by atoms with van der Waals surface area (Å²) in [5, 5.41) is 4.32. The number of pyridine rings is 1. The van der Waals surface area contributed by atoms with E-state index in [2.05, 4.69) is 48.3 Å². The summed E-state index contributed by atoms with van der Waals surface area (Å²) in [5.74, 6) is 1.43. The van der Waals surface area contributed by atoms with Crippen molar-refractivity contribution in [1.29, 1.82) is 0 Å². The van der Waals surface area contributed by atoms with Crippen molar-refractivity contribution in [2.75, 3.05) is 13.1 Å². The molecule has 2 atom stereocenters. The monoisotopic (exact) mass is 467 g/mol. The Morgan fingerprint density at radius 1 is 0.829 bits per heavy atom. The lowest BCUT2D eigenvalue weighted by Crippen LogP contribution is -2.38. The Balaban J connectivity index is 1.26. The molecule has 1 fully saturated rings. The second-order valence-electron chi connectivity index (χ2n) is 10.2. The van der Waals surface area contributed by atoms with Gasteiger partial charge in [0, 0.05) is 37.0 Å². The number of benzene rings is 3. The molecule has 5 rings (SSSR count). The minimum atomic E-state index is -0.0793. The van der Waals surface area contributed by atoms with Crippen molar-refractivity contribution in [1.82, 2.24) is 14.8 Å². The number of fused-ring (bicyclic) bond motifs is 2. The molecule has 0 bridgehead atoms. The highest BCUT2D eigenvalue weighted by atomic mass is 16.2. The van der Waals surface area contributed by atoms with Crippen molar-refractivity contribution in [2.24, 2.45) is 11.8 Å². The lowest BCUT2D eigenvalue weighted by molar-refractivity contribution is -0.121. The molecule has 1 aromatic heterocycles. The molecule has 1 aliphatic heterocycles. The number of amides is 1. The average Bonchev–Trinajstić information content (AvgIpc) is 2.85. The van der Waals surface area contributed by atoms with E-state index in [0.29, 0.717) is 17.3 Å². The maximum atomic E-state index is 12.9. The molecule has 1 aliphatic rings. The third-order valence-corrected chi connectivity index (χ3v) is 7.04. The Morgan fingerprint density at radius 3 is 1.97 bits per heavy atom. The lowest BCUT2D eigenvalue weighted by Gasteiger charge is -2.35. The zero-order valence-electron chi connectivity index (χ0n) is 20.5. The van der Waals surface area contributed by atoms with Gasteiger partial charge >= 0.3 is 0 Å². The summed E-state index contributed by atoms with van der Waals surface area (Å²) in [5.41, 5.74) is 3.94. The Morgan fingerprint density at radius 2 is 1.37 bits per heavy atom. The third kappa shape index (κ3) is 5.15. The Bertz CT molecular complexity index is 1340. The Kier molecular flexibility index (Phi) is 6.69. The number of likely N-dealkylation sites (tertiary alicyclic amines) is 1. The Labute approximate surface area is 206 Å². The summed E-state index contributed by atoms with van der Waals surface area (Å²) in [6.07, 6.45) is 1.32. The second-order valence-corrected chi connectivity index (χ2v) is 10.2. The van der Waals surface area contributed by atoms with E-state index >= 15 is 0 Å². The SMILES string of the molecule is CC1CC(C)CN(Cc2ccc(CNC(=O)Cn3c4ccccc4c(=O)c4ccccc43)cc2)C1. The number of carbonyl (C=O) groups is 1. The molecule has 4 aromatic rings. The molecular formula is C30H33N3O2. The second kappa shape index (κ2) is 10.0. The number of carbonyl (C=O) groups excluding carboxylic acids is 1. The summed E-state index contributed by atoms with van der Waals surface area (Å²) in [6, 6.07) is 23.5. The van der Waals surface area contributed by atoms with Crippen LogP contribution in [0.15, 0.2) is 77.6 Å². The fourth-order valence-corrected chi connectivity index (χ4v) is 5.59. The van der Waals surface area contributed by atoms with Crippen LogP contribution >= 0.6 is 0 Å². The molecule has 2 unspecified atom stereocenters. The number of aromatic nitrogens is 1. The number of nitrogens with zero attached hydrogens (tertiary/aromatic N) is 2. The lowest BCUT2D eigenvalue weighted by atomic mass is 9.91. The molecule has 0 radical (unpaired) electrons. The van der Waals surface area contributed by atoms with Crippen LogP contribution in [0, 0.1) is 11.8 Å². The van der Waals surface area contributed by atoms with Gasteiger partial charge in [-0.3, -0.25) is 14.5 Å². The van der Waals surface area contributed by atoms with Gasteiger partial charge in [0.25, 0.3) is 0 Å². The van der Waals surface area contributed by atoms with Crippen molar-refractivity contribution < 1.29 is 4.79 Å². The number of para-hydroxylation sites is 2. The minimum Gasteiger partial charge on any atom is -0.350 e. The van der Waals surface area contributed by atoms with Crippen molar-refractivity contribution >= 4 is 27.7 Å². The molecule has 1 saturated heterocycles. The van der Waals surface area contributed by atoms with Crippen LogP contribution in [0.4, 0.5) is 0 Å². The molecule has 3 aromatic carbocycles. The summed E-state index contributed by atoms with van der Waals surface area (Å²) in [6.45, 7) is 8.62. The van der Waals surface area contributed by atoms with Crippen LogP contribution in [0.2, 0.25) is 0 Å². The van der Waals surface area contributed by atoms with E-state index in [4.69, 9.17) is 0 Å². The molecule has 180 valence electrons. The van der Waals surface area contributed by atoms with Gasteiger partial charge in [0.2, 0.25) is 5.91 Å². The zero-order valence-corrected chi connectivity index (χ0v) is 20.5. The van der Waals surface area contributed by atoms with E-state index in [1.165, 1.54) is 12.0 Å². The molecule has 5 heteroatoms. The van der Waals surface area contributed by atoms with Gasteiger partial charge in [-0.2, -0.15) is 0 Å². The van der Waals surface area contributed by atoms with Crippen LogP contribution in [-0.2, 0) is 24.4 Å². The molecule has 0 aliphatic carbocycles. The molecule has 1 N–H and O–H groups in total. The number of rotatable bonds is 6. The molecule has 0 saturated carbocycles. The summed E-state index contributed by atoms with van der Waals surface area (Å²) in [4.78, 5) is 28.4. The zero-order chi connectivity index (χ0) is 24.4. The minimum absolute atomic E-state index is 0.00131. The van der Waals surface area contributed by atoms with Crippen LogP contribution < -0.4 is 10.7 Å². The van der Waals surface area contributed by atoms with Crippen molar-refractivity contribution in [2.45, 2.75) is 39.9 Å². The molecule has 5 nitrogen and oxygen atoms in total. The van der Waals surface area contributed by atoms with E-state index < -0.39 is 0 Å². The number of hydrogen-bond donors (Lipinski definition) is 1. The smallest absolute Gasteiger partial charge is 0.240 e. The third-order valence-electron chi connectivity index (χ3n) is 7.04. The normalized spacial score (nSPS) is 18.7. The molecular weight excluding hydrogens is 434 g/mol. The molecule has 35 heavy (non-hydrogen) atoms. The summed E-state index contributed by atoms with van der Waals surface area (Å²) >= 11 is 0. The van der Waals surface area contributed by atoms with Gasteiger partial charge in [0.15, 0.2) is 5.43 Å². The Hall–Kier alpha value is -3.44. The highest BCUT2D eigenvalue weighted by Gasteiger charge is 2.21. The van der Waals surface area contributed by atoms with Crippen LogP contribution in [0.25, 0.3) is 21.8 Å². The van der Waals surface area contributed by atoms with Gasteiger partial charge in [-0.1, -0.05) is 62.4 Å². The van der Waals surface area contributed by atoms with Crippen LogP contribution in [0.3, 0.4) is 0 Å². The van der Waals surface area contributed by atoms with E-state index in [-0.39, 0.29) is 17.9 Å². The highest BCUT2D eigenvalue weighted by Crippen LogP contribution is 2.23. The van der Waals surface area contributed by atoms with E-state index in [0.717, 1.165) is 48.1 Å². The van der Waals surface area contributed by atoms with Gasteiger partial charge in [-0.25, -0.2) is 0 Å². The number of nitrogens with one attached hydrogen (secondary N) is 1. The molecule has 2 heterocycles. The van der Waals surface area contributed by atoms with Gasteiger partial charge in [0.1, 0.15) is 6.54 Å². The predicted octanol–water partition coefficient (Wildman–Crippen LogP) is 4.95. The standard InChI is InChI=1S/C30H33N3O2/c1-21-15-22(2)18-32(17-21)19-24-13-11-23(12-14-24)16-31-29(34)20-33-27-9-5-3-7-25(27)30(35)26-8-4-6-10-28(26)33/h3-14,21-22H,15-20H2,1-2H3,(H,31,34). The largest absolute Gasteiger partial charge is 0.350 e. The molecule has 0 spiro atoms.